The highest BCUT2D eigenvalue weighted by Crippen LogP contribution is 2.21. The molecule has 1 aliphatic rings. The molecule has 0 unspecified atom stereocenters. The summed E-state index contributed by atoms with van der Waals surface area (Å²) in [5.41, 5.74) is 1.48. The van der Waals surface area contributed by atoms with Crippen molar-refractivity contribution in [3.8, 4) is 0 Å². The van der Waals surface area contributed by atoms with E-state index in [0.29, 0.717) is 0 Å². The van der Waals surface area contributed by atoms with Crippen LogP contribution in [-0.2, 0) is 6.42 Å². The van der Waals surface area contributed by atoms with Crippen LogP contribution in [0.3, 0.4) is 0 Å². The fraction of sp³-hybridized carbons (Fsp3) is 0.467. The van der Waals surface area contributed by atoms with Crippen molar-refractivity contribution in [2.75, 3.05) is 0 Å². The van der Waals surface area contributed by atoms with Crippen LogP contribution in [-0.4, -0.2) is 0 Å². The second-order valence-corrected chi connectivity index (χ2v) is 4.50. The van der Waals surface area contributed by atoms with Crippen molar-refractivity contribution in [2.45, 2.75) is 38.5 Å². The van der Waals surface area contributed by atoms with Crippen LogP contribution in [0.1, 0.15) is 37.7 Å². The third-order valence-corrected chi connectivity index (χ3v) is 3.25. The summed E-state index contributed by atoms with van der Waals surface area (Å²) in [5.74, 6) is 0.827. The standard InChI is InChI=1S/C15H20/c1-2-5-9-14(8-4-1)12-13-15-10-6-3-7-11-15/h3-4,6-8,10-11,14H,1-2,5,9,12-13H2/t14-/m1/s1. The van der Waals surface area contributed by atoms with Crippen molar-refractivity contribution in [3.05, 3.63) is 48.0 Å². The van der Waals surface area contributed by atoms with Gasteiger partial charge in [0.25, 0.3) is 0 Å². The Morgan fingerprint density at radius 1 is 1.07 bits per heavy atom. The van der Waals surface area contributed by atoms with Crippen LogP contribution >= 0.6 is 0 Å². The van der Waals surface area contributed by atoms with Crippen LogP contribution in [0.25, 0.3) is 0 Å². The molecule has 1 atom stereocenters. The highest BCUT2D eigenvalue weighted by atomic mass is 14.1. The van der Waals surface area contributed by atoms with Crippen molar-refractivity contribution >= 4 is 0 Å². The van der Waals surface area contributed by atoms with Crippen molar-refractivity contribution in [1.29, 1.82) is 0 Å². The fourth-order valence-electron chi connectivity index (χ4n) is 2.29. The van der Waals surface area contributed by atoms with Gasteiger partial charge in [0.15, 0.2) is 0 Å². The van der Waals surface area contributed by atoms with Crippen LogP contribution in [0.2, 0.25) is 0 Å². The van der Waals surface area contributed by atoms with Gasteiger partial charge in [-0.25, -0.2) is 0 Å². The monoisotopic (exact) mass is 200 g/mol. The van der Waals surface area contributed by atoms with Crippen molar-refractivity contribution < 1.29 is 0 Å². The van der Waals surface area contributed by atoms with Crippen LogP contribution in [0, 0.1) is 5.92 Å². The molecule has 80 valence electrons. The van der Waals surface area contributed by atoms with Gasteiger partial charge in [-0.1, -0.05) is 48.9 Å². The lowest BCUT2D eigenvalue weighted by atomic mass is 9.95. The Kier molecular flexibility index (Phi) is 4.01. The summed E-state index contributed by atoms with van der Waals surface area (Å²) in [4.78, 5) is 0. The van der Waals surface area contributed by atoms with Crippen molar-refractivity contribution in [3.63, 3.8) is 0 Å². The van der Waals surface area contributed by atoms with Gasteiger partial charge in [-0.3, -0.25) is 0 Å². The molecule has 0 radical (unpaired) electrons. The van der Waals surface area contributed by atoms with Gasteiger partial charge in [0, 0.05) is 0 Å². The topological polar surface area (TPSA) is 0 Å². The van der Waals surface area contributed by atoms with Crippen LogP contribution < -0.4 is 0 Å². The predicted octanol–water partition coefficient (Wildman–Crippen LogP) is 4.37. The van der Waals surface area contributed by atoms with E-state index in [1.54, 1.807) is 0 Å². The minimum atomic E-state index is 0.827. The molecule has 0 saturated heterocycles. The molecule has 1 aromatic rings. The molecule has 0 N–H and O–H groups in total. The van der Waals surface area contributed by atoms with Gasteiger partial charge < -0.3 is 0 Å². The van der Waals surface area contributed by atoms with Gasteiger partial charge >= 0.3 is 0 Å². The Morgan fingerprint density at radius 2 is 1.93 bits per heavy atom. The maximum atomic E-state index is 2.44. The van der Waals surface area contributed by atoms with E-state index in [1.165, 1.54) is 44.1 Å². The molecular weight excluding hydrogens is 180 g/mol. The average molecular weight is 200 g/mol. The number of benzene rings is 1. The SMILES string of the molecule is C1=C[C@@H](CCc2ccccc2)CCCC1. The lowest BCUT2D eigenvalue weighted by Crippen LogP contribution is -1.98. The van der Waals surface area contributed by atoms with E-state index in [2.05, 4.69) is 42.5 Å². The normalized spacial score (nSPS) is 21.2. The summed E-state index contributed by atoms with van der Waals surface area (Å²) in [6, 6.07) is 10.8. The zero-order valence-corrected chi connectivity index (χ0v) is 9.36. The minimum Gasteiger partial charge on any atom is -0.0883 e. The lowest BCUT2D eigenvalue weighted by molar-refractivity contribution is 0.525. The number of allylic oxidation sites excluding steroid dienone is 2. The zero-order chi connectivity index (χ0) is 10.3. The summed E-state index contributed by atoms with van der Waals surface area (Å²) >= 11 is 0. The van der Waals surface area contributed by atoms with Crippen LogP contribution in [0.5, 0.6) is 0 Å². The predicted molar refractivity (Wildman–Crippen MR) is 65.9 cm³/mol. The molecule has 0 saturated carbocycles. The maximum Gasteiger partial charge on any atom is -0.0230 e. The second kappa shape index (κ2) is 5.75. The summed E-state index contributed by atoms with van der Waals surface area (Å²) in [5, 5.41) is 0. The van der Waals surface area contributed by atoms with E-state index in [4.69, 9.17) is 0 Å². The van der Waals surface area contributed by atoms with Gasteiger partial charge in [-0.15, -0.1) is 0 Å². The van der Waals surface area contributed by atoms with Gasteiger partial charge in [0.1, 0.15) is 0 Å². The Hall–Kier alpha value is -1.04. The highest BCUT2D eigenvalue weighted by Gasteiger charge is 2.07. The van der Waals surface area contributed by atoms with E-state index in [1.807, 2.05) is 0 Å². The third-order valence-electron chi connectivity index (χ3n) is 3.25. The molecule has 2 rings (SSSR count). The first-order valence-corrected chi connectivity index (χ1v) is 6.16. The third kappa shape index (κ3) is 3.54. The molecule has 0 spiro atoms. The molecule has 0 aromatic heterocycles. The Labute approximate surface area is 93.0 Å². The Bertz CT molecular complexity index is 297. The molecule has 1 aromatic carbocycles. The first-order valence-electron chi connectivity index (χ1n) is 6.16. The smallest absolute Gasteiger partial charge is 0.0230 e. The first-order chi connectivity index (χ1) is 7.45. The molecule has 0 fully saturated rings. The molecule has 0 heterocycles. The first kappa shape index (κ1) is 10.5. The number of hydrogen-bond donors (Lipinski definition) is 0. The highest BCUT2D eigenvalue weighted by molar-refractivity contribution is 5.14. The fourth-order valence-corrected chi connectivity index (χ4v) is 2.29. The van der Waals surface area contributed by atoms with Crippen LogP contribution in [0.15, 0.2) is 42.5 Å². The van der Waals surface area contributed by atoms with Crippen molar-refractivity contribution in [1.82, 2.24) is 0 Å². The quantitative estimate of drug-likeness (QED) is 0.636. The van der Waals surface area contributed by atoms with E-state index < -0.39 is 0 Å². The van der Waals surface area contributed by atoms with E-state index >= 15 is 0 Å². The Balaban J connectivity index is 1.82. The second-order valence-electron chi connectivity index (χ2n) is 4.50. The number of aryl methyl sites for hydroxylation is 1. The Morgan fingerprint density at radius 3 is 2.80 bits per heavy atom. The molecule has 15 heavy (non-hydrogen) atoms. The summed E-state index contributed by atoms with van der Waals surface area (Å²) in [6.45, 7) is 0. The minimum absolute atomic E-state index is 0.827. The lowest BCUT2D eigenvalue weighted by Gasteiger charge is -2.10. The summed E-state index contributed by atoms with van der Waals surface area (Å²) in [7, 11) is 0. The van der Waals surface area contributed by atoms with E-state index in [-0.39, 0.29) is 0 Å². The average Bonchev–Trinajstić information content (AvgIpc) is 2.56. The van der Waals surface area contributed by atoms with Gasteiger partial charge in [-0.2, -0.15) is 0 Å². The molecule has 0 bridgehead atoms. The van der Waals surface area contributed by atoms with Gasteiger partial charge in [0.2, 0.25) is 0 Å². The van der Waals surface area contributed by atoms with E-state index in [0.717, 1.165) is 5.92 Å². The molecule has 1 aliphatic carbocycles. The van der Waals surface area contributed by atoms with Gasteiger partial charge in [0.05, 0.1) is 0 Å². The maximum absolute atomic E-state index is 2.44. The summed E-state index contributed by atoms with van der Waals surface area (Å²) in [6.07, 6.45) is 12.9. The van der Waals surface area contributed by atoms with E-state index in [9.17, 15) is 0 Å². The summed E-state index contributed by atoms with van der Waals surface area (Å²) < 4.78 is 0. The molecular formula is C15H20. The number of rotatable bonds is 3. The van der Waals surface area contributed by atoms with Crippen molar-refractivity contribution in [2.24, 2.45) is 5.92 Å². The van der Waals surface area contributed by atoms with Gasteiger partial charge in [-0.05, 0) is 43.6 Å². The van der Waals surface area contributed by atoms with Crippen LogP contribution in [0.4, 0.5) is 0 Å². The number of hydrogen-bond acceptors (Lipinski definition) is 0. The largest absolute Gasteiger partial charge is 0.0883 e. The zero-order valence-electron chi connectivity index (χ0n) is 9.36. The molecule has 0 nitrogen and oxygen atoms in total. The molecule has 0 amide bonds. The molecule has 0 aliphatic heterocycles. The molecule has 0 heteroatoms.